The summed E-state index contributed by atoms with van der Waals surface area (Å²) in [6, 6.07) is 4.65. The molecule has 2 rings (SSSR count). The first-order chi connectivity index (χ1) is 9.20. The second kappa shape index (κ2) is 6.99. The molecule has 0 heterocycles. The highest BCUT2D eigenvalue weighted by Gasteiger charge is 2.23. The van der Waals surface area contributed by atoms with Crippen LogP contribution in [0.3, 0.4) is 0 Å². The molecular formula is C16H23F2N. The molecule has 1 aromatic carbocycles. The molecule has 0 spiro atoms. The van der Waals surface area contributed by atoms with Gasteiger partial charge in [-0.3, -0.25) is 0 Å². The van der Waals surface area contributed by atoms with Gasteiger partial charge in [0.1, 0.15) is 0 Å². The summed E-state index contributed by atoms with van der Waals surface area (Å²) in [5, 5.41) is 3.52. The highest BCUT2D eigenvalue weighted by molar-refractivity contribution is 5.19. The van der Waals surface area contributed by atoms with E-state index in [9.17, 15) is 8.78 Å². The lowest BCUT2D eigenvalue weighted by molar-refractivity contribution is 0.269. The quantitative estimate of drug-likeness (QED) is 0.848. The smallest absolute Gasteiger partial charge is 0.159 e. The van der Waals surface area contributed by atoms with Crippen molar-refractivity contribution in [2.24, 2.45) is 5.92 Å². The third kappa shape index (κ3) is 4.00. The van der Waals surface area contributed by atoms with Gasteiger partial charge in [-0.05, 0) is 49.4 Å². The topological polar surface area (TPSA) is 12.0 Å². The highest BCUT2D eigenvalue weighted by Crippen LogP contribution is 2.28. The van der Waals surface area contributed by atoms with Crippen LogP contribution in [-0.4, -0.2) is 12.6 Å². The van der Waals surface area contributed by atoms with E-state index in [0.717, 1.165) is 18.5 Å². The molecule has 0 radical (unpaired) electrons. The van der Waals surface area contributed by atoms with E-state index in [0.29, 0.717) is 12.0 Å². The number of rotatable bonds is 5. The fourth-order valence-electron chi connectivity index (χ4n) is 3.12. The number of hydrogen-bond donors (Lipinski definition) is 1. The second-order valence-corrected chi connectivity index (χ2v) is 5.51. The summed E-state index contributed by atoms with van der Waals surface area (Å²) >= 11 is 0. The van der Waals surface area contributed by atoms with E-state index in [-0.39, 0.29) is 0 Å². The molecule has 1 unspecified atom stereocenters. The Bertz CT molecular complexity index is 400. The van der Waals surface area contributed by atoms with Gasteiger partial charge in [-0.2, -0.15) is 0 Å². The van der Waals surface area contributed by atoms with Crippen LogP contribution in [0.1, 0.15) is 44.6 Å². The molecule has 1 nitrogen and oxygen atoms in total. The molecule has 1 aromatic rings. The molecule has 19 heavy (non-hydrogen) atoms. The molecule has 0 saturated heterocycles. The van der Waals surface area contributed by atoms with Crippen LogP contribution in [0.5, 0.6) is 0 Å². The average molecular weight is 267 g/mol. The van der Waals surface area contributed by atoms with Gasteiger partial charge in [-0.15, -0.1) is 0 Å². The molecule has 0 amide bonds. The maximum Gasteiger partial charge on any atom is 0.159 e. The maximum atomic E-state index is 13.3. The van der Waals surface area contributed by atoms with Crippen molar-refractivity contribution in [2.45, 2.75) is 51.5 Å². The van der Waals surface area contributed by atoms with E-state index < -0.39 is 11.6 Å². The Labute approximate surface area is 114 Å². The molecular weight excluding hydrogens is 244 g/mol. The minimum Gasteiger partial charge on any atom is -0.314 e. The van der Waals surface area contributed by atoms with Gasteiger partial charge in [0.05, 0.1) is 0 Å². The van der Waals surface area contributed by atoms with Crippen molar-refractivity contribution >= 4 is 0 Å². The summed E-state index contributed by atoms with van der Waals surface area (Å²) in [4.78, 5) is 0. The van der Waals surface area contributed by atoms with E-state index in [1.54, 1.807) is 6.07 Å². The van der Waals surface area contributed by atoms with E-state index in [2.05, 4.69) is 12.2 Å². The Morgan fingerprint density at radius 2 is 1.89 bits per heavy atom. The van der Waals surface area contributed by atoms with Crippen LogP contribution in [0.15, 0.2) is 18.2 Å². The minimum absolute atomic E-state index is 0.384. The van der Waals surface area contributed by atoms with Crippen molar-refractivity contribution in [1.29, 1.82) is 0 Å². The molecule has 1 aliphatic carbocycles. The van der Waals surface area contributed by atoms with E-state index in [4.69, 9.17) is 0 Å². The van der Waals surface area contributed by atoms with Crippen LogP contribution >= 0.6 is 0 Å². The van der Waals surface area contributed by atoms with Crippen LogP contribution in [-0.2, 0) is 6.42 Å². The third-order valence-electron chi connectivity index (χ3n) is 4.12. The molecule has 1 aliphatic rings. The number of likely N-dealkylation sites (N-methyl/N-ethyl adjacent to an activating group) is 1. The van der Waals surface area contributed by atoms with Gasteiger partial charge in [0.2, 0.25) is 0 Å². The summed E-state index contributed by atoms with van der Waals surface area (Å²) in [5.41, 5.74) is 0.885. The molecule has 1 atom stereocenters. The van der Waals surface area contributed by atoms with Crippen LogP contribution in [0.2, 0.25) is 0 Å². The van der Waals surface area contributed by atoms with Crippen molar-refractivity contribution in [3.8, 4) is 0 Å². The molecule has 1 saturated carbocycles. The zero-order valence-corrected chi connectivity index (χ0v) is 11.6. The number of benzene rings is 1. The molecule has 0 aliphatic heterocycles. The minimum atomic E-state index is -0.763. The predicted molar refractivity (Wildman–Crippen MR) is 74.1 cm³/mol. The van der Waals surface area contributed by atoms with Gasteiger partial charge in [0, 0.05) is 6.04 Å². The zero-order chi connectivity index (χ0) is 13.7. The Morgan fingerprint density at radius 3 is 2.53 bits per heavy atom. The van der Waals surface area contributed by atoms with Gasteiger partial charge in [-0.25, -0.2) is 8.78 Å². The van der Waals surface area contributed by atoms with Gasteiger partial charge in [-0.1, -0.05) is 32.3 Å². The van der Waals surface area contributed by atoms with Crippen molar-refractivity contribution in [3.63, 3.8) is 0 Å². The fourth-order valence-corrected chi connectivity index (χ4v) is 3.12. The largest absolute Gasteiger partial charge is 0.314 e. The lowest BCUT2D eigenvalue weighted by Crippen LogP contribution is -2.39. The predicted octanol–water partition coefficient (Wildman–Crippen LogP) is 4.07. The lowest BCUT2D eigenvalue weighted by atomic mass is 9.81. The second-order valence-electron chi connectivity index (χ2n) is 5.51. The van der Waals surface area contributed by atoms with Gasteiger partial charge < -0.3 is 5.32 Å². The normalized spacial score (nSPS) is 18.5. The Hall–Kier alpha value is -0.960. The van der Waals surface area contributed by atoms with E-state index >= 15 is 0 Å². The van der Waals surface area contributed by atoms with Gasteiger partial charge >= 0.3 is 0 Å². The van der Waals surface area contributed by atoms with Crippen LogP contribution in [0.4, 0.5) is 8.78 Å². The maximum absolute atomic E-state index is 13.3. The fraction of sp³-hybridized carbons (Fsp3) is 0.625. The molecule has 106 valence electrons. The average Bonchev–Trinajstić information content (AvgIpc) is 2.43. The highest BCUT2D eigenvalue weighted by atomic mass is 19.2. The summed E-state index contributed by atoms with van der Waals surface area (Å²) in [7, 11) is 0. The summed E-state index contributed by atoms with van der Waals surface area (Å²) < 4.78 is 26.2. The van der Waals surface area contributed by atoms with Crippen LogP contribution in [0.25, 0.3) is 0 Å². The van der Waals surface area contributed by atoms with Gasteiger partial charge in [0.15, 0.2) is 11.6 Å². The lowest BCUT2D eigenvalue weighted by Gasteiger charge is -2.31. The number of nitrogens with one attached hydrogen (secondary N) is 1. The third-order valence-corrected chi connectivity index (χ3v) is 4.12. The summed E-state index contributed by atoms with van der Waals surface area (Å²) in [5.74, 6) is -0.834. The van der Waals surface area contributed by atoms with Crippen molar-refractivity contribution in [1.82, 2.24) is 5.32 Å². The summed E-state index contributed by atoms with van der Waals surface area (Å²) in [6.45, 7) is 3.02. The number of hydrogen-bond acceptors (Lipinski definition) is 1. The molecule has 3 heteroatoms. The van der Waals surface area contributed by atoms with Crippen LogP contribution < -0.4 is 5.32 Å². The van der Waals surface area contributed by atoms with Crippen molar-refractivity contribution in [3.05, 3.63) is 35.4 Å². The molecule has 0 aromatic heterocycles. The van der Waals surface area contributed by atoms with Crippen molar-refractivity contribution < 1.29 is 8.78 Å². The molecule has 0 bridgehead atoms. The van der Waals surface area contributed by atoms with Gasteiger partial charge in [0.25, 0.3) is 0 Å². The Balaban J connectivity index is 2.04. The summed E-state index contributed by atoms with van der Waals surface area (Å²) in [6.07, 6.45) is 7.22. The van der Waals surface area contributed by atoms with E-state index in [1.165, 1.54) is 44.2 Å². The monoisotopic (exact) mass is 267 g/mol. The zero-order valence-electron chi connectivity index (χ0n) is 11.6. The first-order valence-electron chi connectivity index (χ1n) is 7.38. The number of halogens is 2. The Kier molecular flexibility index (Phi) is 5.32. The molecule has 1 fully saturated rings. The van der Waals surface area contributed by atoms with E-state index in [1.807, 2.05) is 0 Å². The SMILES string of the molecule is CCNC(Cc1ccc(F)c(F)c1)C1CCCCC1. The standard InChI is InChI=1S/C16H23F2N/c1-2-19-16(13-6-4-3-5-7-13)11-12-8-9-14(17)15(18)10-12/h8-10,13,16,19H,2-7,11H2,1H3. The first-order valence-corrected chi connectivity index (χ1v) is 7.38. The Morgan fingerprint density at radius 1 is 1.16 bits per heavy atom. The van der Waals surface area contributed by atoms with Crippen LogP contribution in [0, 0.1) is 17.6 Å². The van der Waals surface area contributed by atoms with Crippen molar-refractivity contribution in [2.75, 3.05) is 6.54 Å². The first kappa shape index (κ1) is 14.4. The molecule has 1 N–H and O–H groups in total.